The quantitative estimate of drug-likeness (QED) is 0.643. The maximum atomic E-state index is 11.7. The molecule has 1 aliphatic rings. The first-order chi connectivity index (χ1) is 7.50. The van der Waals surface area contributed by atoms with Gasteiger partial charge in [0.25, 0.3) is 0 Å². The van der Waals surface area contributed by atoms with Crippen LogP contribution in [0.15, 0.2) is 0 Å². The second-order valence-electron chi connectivity index (χ2n) is 4.56. The fraction of sp³-hybridized carbons (Fsp3) is 0.818. The van der Waals surface area contributed by atoms with E-state index in [-0.39, 0.29) is 18.4 Å². The van der Waals surface area contributed by atoms with Crippen LogP contribution in [-0.2, 0) is 9.59 Å². The van der Waals surface area contributed by atoms with Gasteiger partial charge in [-0.3, -0.25) is 9.59 Å². The third kappa shape index (κ3) is 3.81. The molecule has 0 saturated carbocycles. The summed E-state index contributed by atoms with van der Waals surface area (Å²) in [7, 11) is 0. The van der Waals surface area contributed by atoms with Crippen molar-refractivity contribution in [2.24, 2.45) is 11.8 Å². The Morgan fingerprint density at radius 3 is 2.81 bits per heavy atom. The standard InChI is InChI=1S/C11H20N2O3/c1-7(11(15)16)6-13-10(14)9-3-4-12-8(2)5-9/h7-9,12H,3-6H2,1-2H3,(H,13,14)(H,15,16). The van der Waals surface area contributed by atoms with Gasteiger partial charge < -0.3 is 15.7 Å². The van der Waals surface area contributed by atoms with Crippen LogP contribution in [0.5, 0.6) is 0 Å². The predicted molar refractivity (Wildman–Crippen MR) is 60.0 cm³/mol. The lowest BCUT2D eigenvalue weighted by Crippen LogP contribution is -2.43. The summed E-state index contributed by atoms with van der Waals surface area (Å²) in [5, 5.41) is 14.7. The van der Waals surface area contributed by atoms with Gasteiger partial charge in [-0.05, 0) is 26.3 Å². The van der Waals surface area contributed by atoms with E-state index in [4.69, 9.17) is 5.11 Å². The van der Waals surface area contributed by atoms with Crippen LogP contribution in [0.4, 0.5) is 0 Å². The number of carbonyl (C=O) groups excluding carboxylic acids is 1. The van der Waals surface area contributed by atoms with Crippen molar-refractivity contribution >= 4 is 11.9 Å². The molecule has 0 aromatic rings. The zero-order valence-corrected chi connectivity index (χ0v) is 9.82. The van der Waals surface area contributed by atoms with Crippen molar-refractivity contribution in [1.29, 1.82) is 0 Å². The zero-order chi connectivity index (χ0) is 12.1. The highest BCUT2D eigenvalue weighted by Crippen LogP contribution is 2.15. The maximum Gasteiger partial charge on any atom is 0.308 e. The molecule has 1 amide bonds. The Morgan fingerprint density at radius 1 is 1.56 bits per heavy atom. The minimum Gasteiger partial charge on any atom is -0.481 e. The molecule has 92 valence electrons. The Bertz CT molecular complexity index is 268. The number of nitrogens with one attached hydrogen (secondary N) is 2. The highest BCUT2D eigenvalue weighted by atomic mass is 16.4. The third-order valence-corrected chi connectivity index (χ3v) is 3.00. The minimum absolute atomic E-state index is 0.0125. The van der Waals surface area contributed by atoms with Crippen molar-refractivity contribution in [2.75, 3.05) is 13.1 Å². The molecular formula is C11H20N2O3. The molecule has 1 aliphatic heterocycles. The fourth-order valence-corrected chi connectivity index (χ4v) is 1.86. The summed E-state index contributed by atoms with van der Waals surface area (Å²) in [6.45, 7) is 4.72. The molecule has 3 unspecified atom stereocenters. The fourth-order valence-electron chi connectivity index (χ4n) is 1.86. The smallest absolute Gasteiger partial charge is 0.308 e. The van der Waals surface area contributed by atoms with Crippen molar-refractivity contribution in [2.45, 2.75) is 32.7 Å². The summed E-state index contributed by atoms with van der Waals surface area (Å²) in [6.07, 6.45) is 1.66. The molecule has 3 N–H and O–H groups in total. The van der Waals surface area contributed by atoms with E-state index in [9.17, 15) is 9.59 Å². The number of piperidine rings is 1. The van der Waals surface area contributed by atoms with Gasteiger partial charge in [0.15, 0.2) is 0 Å². The molecule has 16 heavy (non-hydrogen) atoms. The van der Waals surface area contributed by atoms with Crippen LogP contribution in [-0.4, -0.2) is 36.1 Å². The number of hydrogen-bond acceptors (Lipinski definition) is 3. The van der Waals surface area contributed by atoms with Crippen molar-refractivity contribution < 1.29 is 14.7 Å². The van der Waals surface area contributed by atoms with E-state index in [0.717, 1.165) is 19.4 Å². The van der Waals surface area contributed by atoms with Crippen molar-refractivity contribution in [1.82, 2.24) is 10.6 Å². The predicted octanol–water partition coefficient (Wildman–Crippen LogP) is 0.211. The normalized spacial score (nSPS) is 27.1. The van der Waals surface area contributed by atoms with E-state index < -0.39 is 11.9 Å². The topological polar surface area (TPSA) is 78.4 Å². The SMILES string of the molecule is CC1CC(C(=O)NCC(C)C(=O)O)CCN1. The molecule has 5 nitrogen and oxygen atoms in total. The molecule has 0 aromatic heterocycles. The molecule has 0 spiro atoms. The molecule has 1 saturated heterocycles. The van der Waals surface area contributed by atoms with E-state index in [1.807, 2.05) is 0 Å². The van der Waals surface area contributed by atoms with Crippen molar-refractivity contribution in [3.8, 4) is 0 Å². The second kappa shape index (κ2) is 5.84. The van der Waals surface area contributed by atoms with Gasteiger partial charge in [-0.15, -0.1) is 0 Å². The van der Waals surface area contributed by atoms with Crippen LogP contribution in [0.1, 0.15) is 26.7 Å². The lowest BCUT2D eigenvalue weighted by atomic mass is 9.92. The van der Waals surface area contributed by atoms with E-state index in [0.29, 0.717) is 6.04 Å². The summed E-state index contributed by atoms with van der Waals surface area (Å²) < 4.78 is 0. The average Bonchev–Trinajstić information content (AvgIpc) is 2.25. The molecule has 1 heterocycles. The highest BCUT2D eigenvalue weighted by Gasteiger charge is 2.25. The lowest BCUT2D eigenvalue weighted by molar-refractivity contribution is -0.141. The monoisotopic (exact) mass is 228 g/mol. The Balaban J connectivity index is 2.31. The number of carboxylic acids is 1. The van der Waals surface area contributed by atoms with Crippen LogP contribution in [0.3, 0.4) is 0 Å². The van der Waals surface area contributed by atoms with Crippen LogP contribution in [0.2, 0.25) is 0 Å². The van der Waals surface area contributed by atoms with Crippen LogP contribution in [0, 0.1) is 11.8 Å². The van der Waals surface area contributed by atoms with Gasteiger partial charge in [-0.2, -0.15) is 0 Å². The zero-order valence-electron chi connectivity index (χ0n) is 9.82. The average molecular weight is 228 g/mol. The van der Waals surface area contributed by atoms with Gasteiger partial charge in [0.2, 0.25) is 5.91 Å². The summed E-state index contributed by atoms with van der Waals surface area (Å²) in [4.78, 5) is 22.3. The second-order valence-corrected chi connectivity index (χ2v) is 4.56. The Labute approximate surface area is 95.6 Å². The molecule has 0 radical (unpaired) electrons. The number of carboxylic acid groups (broad SMARTS) is 1. The summed E-state index contributed by atoms with van der Waals surface area (Å²) >= 11 is 0. The Kier molecular flexibility index (Phi) is 4.73. The summed E-state index contributed by atoms with van der Waals surface area (Å²) in [5.74, 6) is -1.39. The van der Waals surface area contributed by atoms with Crippen LogP contribution >= 0.6 is 0 Å². The number of aliphatic carboxylic acids is 1. The minimum atomic E-state index is -0.876. The maximum absolute atomic E-state index is 11.7. The van der Waals surface area contributed by atoms with E-state index in [1.54, 1.807) is 6.92 Å². The first kappa shape index (κ1) is 13.0. The third-order valence-electron chi connectivity index (χ3n) is 3.00. The highest BCUT2D eigenvalue weighted by molar-refractivity contribution is 5.79. The molecular weight excluding hydrogens is 208 g/mol. The van der Waals surface area contributed by atoms with E-state index in [1.165, 1.54) is 0 Å². The van der Waals surface area contributed by atoms with Gasteiger partial charge in [0.1, 0.15) is 0 Å². The molecule has 5 heteroatoms. The summed E-state index contributed by atoms with van der Waals surface area (Å²) in [6, 6.07) is 0.362. The molecule has 0 aliphatic carbocycles. The molecule has 1 rings (SSSR count). The van der Waals surface area contributed by atoms with Crippen LogP contribution in [0.25, 0.3) is 0 Å². The molecule has 0 bridgehead atoms. The van der Waals surface area contributed by atoms with Gasteiger partial charge in [0.05, 0.1) is 5.92 Å². The van der Waals surface area contributed by atoms with Crippen molar-refractivity contribution in [3.63, 3.8) is 0 Å². The van der Waals surface area contributed by atoms with Gasteiger partial charge in [-0.1, -0.05) is 6.92 Å². The van der Waals surface area contributed by atoms with Crippen LogP contribution < -0.4 is 10.6 Å². The van der Waals surface area contributed by atoms with Crippen molar-refractivity contribution in [3.05, 3.63) is 0 Å². The number of carbonyl (C=O) groups is 2. The first-order valence-electron chi connectivity index (χ1n) is 5.74. The lowest BCUT2D eigenvalue weighted by Gasteiger charge is -2.27. The molecule has 1 fully saturated rings. The Morgan fingerprint density at radius 2 is 2.25 bits per heavy atom. The van der Waals surface area contributed by atoms with Gasteiger partial charge in [-0.25, -0.2) is 0 Å². The number of hydrogen-bond donors (Lipinski definition) is 3. The first-order valence-corrected chi connectivity index (χ1v) is 5.74. The van der Waals surface area contributed by atoms with E-state index in [2.05, 4.69) is 17.6 Å². The largest absolute Gasteiger partial charge is 0.481 e. The Hall–Kier alpha value is -1.10. The van der Waals surface area contributed by atoms with Gasteiger partial charge in [0, 0.05) is 18.5 Å². The van der Waals surface area contributed by atoms with E-state index >= 15 is 0 Å². The molecule has 0 aromatic carbocycles. The molecule has 3 atom stereocenters. The number of rotatable bonds is 4. The number of amides is 1. The summed E-state index contributed by atoms with van der Waals surface area (Å²) in [5.41, 5.74) is 0. The van der Waals surface area contributed by atoms with Gasteiger partial charge >= 0.3 is 5.97 Å².